The Hall–Kier alpha value is -2.35. The molecule has 5 nitrogen and oxygen atoms in total. The molecule has 0 radical (unpaired) electrons. The summed E-state index contributed by atoms with van der Waals surface area (Å²) in [5.74, 6) is -1.09. The third kappa shape index (κ3) is 4.82. The van der Waals surface area contributed by atoms with Gasteiger partial charge >= 0.3 is 5.97 Å². The highest BCUT2D eigenvalue weighted by Gasteiger charge is 2.36. The van der Waals surface area contributed by atoms with Gasteiger partial charge in [-0.15, -0.1) is 0 Å². The van der Waals surface area contributed by atoms with Gasteiger partial charge in [-0.05, 0) is 37.2 Å². The fourth-order valence-corrected chi connectivity index (χ4v) is 3.37. The quantitative estimate of drug-likeness (QED) is 0.771. The number of amides is 1. The van der Waals surface area contributed by atoms with Gasteiger partial charge in [-0.1, -0.05) is 50.6 Å². The number of benzene rings is 1. The van der Waals surface area contributed by atoms with E-state index in [2.05, 4.69) is 11.4 Å². The van der Waals surface area contributed by atoms with Gasteiger partial charge in [-0.25, -0.2) is 0 Å². The van der Waals surface area contributed by atoms with Crippen molar-refractivity contribution in [3.05, 3.63) is 35.9 Å². The van der Waals surface area contributed by atoms with E-state index in [0.29, 0.717) is 12.8 Å². The maximum atomic E-state index is 12.6. The Kier molecular flexibility index (Phi) is 6.58. The van der Waals surface area contributed by atoms with Crippen LogP contribution in [0.15, 0.2) is 30.3 Å². The lowest BCUT2D eigenvalue weighted by Gasteiger charge is -2.24. The Labute approximate surface area is 149 Å². The van der Waals surface area contributed by atoms with Gasteiger partial charge in [0.05, 0.1) is 12.0 Å². The lowest BCUT2D eigenvalue weighted by Crippen LogP contribution is -2.47. The van der Waals surface area contributed by atoms with Gasteiger partial charge in [0.2, 0.25) is 0 Å². The van der Waals surface area contributed by atoms with Crippen LogP contribution >= 0.6 is 0 Å². The van der Waals surface area contributed by atoms with Crippen LogP contribution in [0.2, 0.25) is 0 Å². The summed E-state index contributed by atoms with van der Waals surface area (Å²) in [4.78, 5) is 24.7. The minimum absolute atomic E-state index is 0.109. The lowest BCUT2D eigenvalue weighted by atomic mass is 9.86. The summed E-state index contributed by atoms with van der Waals surface area (Å²) in [5, 5.41) is 12.1. The first kappa shape index (κ1) is 19.0. The van der Waals surface area contributed by atoms with E-state index in [1.807, 2.05) is 44.2 Å². The zero-order valence-electron chi connectivity index (χ0n) is 15.0. The fraction of sp³-hybridized carbons (Fsp3) is 0.550. The summed E-state index contributed by atoms with van der Waals surface area (Å²) in [7, 11) is 0. The Bertz CT molecular complexity index is 630. The van der Waals surface area contributed by atoms with E-state index >= 15 is 0 Å². The summed E-state index contributed by atoms with van der Waals surface area (Å²) in [6.45, 7) is 3.68. The molecule has 1 fully saturated rings. The van der Waals surface area contributed by atoms with Gasteiger partial charge in [0.25, 0.3) is 5.91 Å². The summed E-state index contributed by atoms with van der Waals surface area (Å²) >= 11 is 0. The molecular formula is C20H26N2O3. The molecule has 0 spiro atoms. The van der Waals surface area contributed by atoms with Crippen molar-refractivity contribution in [1.29, 1.82) is 5.26 Å². The van der Waals surface area contributed by atoms with Gasteiger partial charge < -0.3 is 10.1 Å². The average Bonchev–Trinajstić information content (AvgIpc) is 3.10. The maximum absolute atomic E-state index is 12.6. The number of nitrogens with one attached hydrogen (secondary N) is 1. The van der Waals surface area contributed by atoms with Crippen LogP contribution in [-0.4, -0.2) is 24.0 Å². The second-order valence-corrected chi connectivity index (χ2v) is 6.83. The predicted octanol–water partition coefficient (Wildman–Crippen LogP) is 3.31. The molecule has 5 heteroatoms. The molecule has 1 aliphatic rings. The van der Waals surface area contributed by atoms with Crippen LogP contribution in [0.1, 0.15) is 57.4 Å². The molecule has 0 aromatic heterocycles. The third-order valence-corrected chi connectivity index (χ3v) is 5.02. The van der Waals surface area contributed by atoms with Crippen molar-refractivity contribution in [2.75, 3.05) is 6.61 Å². The number of carbonyl (C=O) groups excluding carboxylic acids is 2. The SMILES string of the molecule is CC[C@H](C)[C@@H](C(=O)OCC(=O)NC1(C#N)CCCC1)c1ccccc1. The molecule has 1 saturated carbocycles. The van der Waals surface area contributed by atoms with Gasteiger partial charge in [-0.3, -0.25) is 9.59 Å². The summed E-state index contributed by atoms with van der Waals surface area (Å²) in [6, 6.07) is 11.7. The Morgan fingerprint density at radius 3 is 2.48 bits per heavy atom. The second kappa shape index (κ2) is 8.66. The molecule has 0 heterocycles. The van der Waals surface area contributed by atoms with E-state index in [1.54, 1.807) is 0 Å². The standard InChI is InChI=1S/C20H26N2O3/c1-3-15(2)18(16-9-5-4-6-10-16)19(24)25-13-17(23)22-20(14-21)11-7-8-12-20/h4-6,9-10,15,18H,3,7-8,11-13H2,1-2H3,(H,22,23)/t15-,18+/m0/s1. The van der Waals surface area contributed by atoms with Gasteiger partial charge in [0, 0.05) is 0 Å². The Morgan fingerprint density at radius 1 is 1.28 bits per heavy atom. The normalized spacial score (nSPS) is 18.0. The molecule has 25 heavy (non-hydrogen) atoms. The van der Waals surface area contributed by atoms with Crippen molar-refractivity contribution in [2.24, 2.45) is 5.92 Å². The van der Waals surface area contributed by atoms with Crippen LogP contribution in [0.5, 0.6) is 0 Å². The van der Waals surface area contributed by atoms with E-state index in [4.69, 9.17) is 4.74 Å². The molecule has 0 unspecified atom stereocenters. The van der Waals surface area contributed by atoms with E-state index in [9.17, 15) is 14.9 Å². The number of hydrogen-bond acceptors (Lipinski definition) is 4. The largest absolute Gasteiger partial charge is 0.455 e. The maximum Gasteiger partial charge on any atom is 0.314 e. The van der Waals surface area contributed by atoms with E-state index < -0.39 is 23.3 Å². The zero-order valence-corrected chi connectivity index (χ0v) is 15.0. The van der Waals surface area contributed by atoms with Crippen molar-refractivity contribution in [1.82, 2.24) is 5.32 Å². The van der Waals surface area contributed by atoms with Crippen molar-refractivity contribution in [3.8, 4) is 6.07 Å². The van der Waals surface area contributed by atoms with Crippen molar-refractivity contribution in [3.63, 3.8) is 0 Å². The van der Waals surface area contributed by atoms with Crippen LogP contribution in [-0.2, 0) is 14.3 Å². The summed E-state index contributed by atoms with van der Waals surface area (Å²) < 4.78 is 5.28. The van der Waals surface area contributed by atoms with Crippen LogP contribution in [0, 0.1) is 17.2 Å². The number of ether oxygens (including phenoxy) is 1. The molecule has 1 aliphatic carbocycles. The van der Waals surface area contributed by atoms with Crippen molar-refractivity contribution >= 4 is 11.9 Å². The molecule has 2 rings (SSSR count). The lowest BCUT2D eigenvalue weighted by molar-refractivity contribution is -0.151. The minimum atomic E-state index is -0.793. The average molecular weight is 342 g/mol. The molecule has 2 atom stereocenters. The molecule has 1 aromatic rings. The smallest absolute Gasteiger partial charge is 0.314 e. The molecule has 1 N–H and O–H groups in total. The monoisotopic (exact) mass is 342 g/mol. The number of nitriles is 1. The first-order chi connectivity index (χ1) is 12.0. The minimum Gasteiger partial charge on any atom is -0.455 e. The summed E-state index contributed by atoms with van der Waals surface area (Å²) in [6.07, 6.45) is 4.00. The van der Waals surface area contributed by atoms with Crippen LogP contribution in [0.25, 0.3) is 0 Å². The number of rotatable bonds is 7. The van der Waals surface area contributed by atoms with Crippen molar-refractivity contribution < 1.29 is 14.3 Å². The Balaban J connectivity index is 1.97. The first-order valence-corrected chi connectivity index (χ1v) is 8.95. The molecule has 0 bridgehead atoms. The summed E-state index contributed by atoms with van der Waals surface area (Å²) in [5.41, 5.74) is 0.102. The Morgan fingerprint density at radius 2 is 1.92 bits per heavy atom. The molecule has 134 valence electrons. The topological polar surface area (TPSA) is 79.2 Å². The van der Waals surface area contributed by atoms with Crippen molar-refractivity contribution in [2.45, 2.75) is 57.4 Å². The first-order valence-electron chi connectivity index (χ1n) is 8.95. The molecule has 1 amide bonds. The van der Waals surface area contributed by atoms with Crippen LogP contribution in [0.4, 0.5) is 0 Å². The number of carbonyl (C=O) groups is 2. The molecule has 0 saturated heterocycles. The molecule has 1 aromatic carbocycles. The fourth-order valence-electron chi connectivity index (χ4n) is 3.37. The van der Waals surface area contributed by atoms with Crippen LogP contribution < -0.4 is 5.32 Å². The highest BCUT2D eigenvalue weighted by atomic mass is 16.5. The highest BCUT2D eigenvalue weighted by Crippen LogP contribution is 2.29. The van der Waals surface area contributed by atoms with Gasteiger partial charge in [-0.2, -0.15) is 5.26 Å². The number of hydrogen-bond donors (Lipinski definition) is 1. The zero-order chi connectivity index (χ0) is 18.3. The van der Waals surface area contributed by atoms with Gasteiger partial charge in [0.15, 0.2) is 6.61 Å². The van der Waals surface area contributed by atoms with E-state index in [-0.39, 0.29) is 12.5 Å². The number of esters is 1. The second-order valence-electron chi connectivity index (χ2n) is 6.83. The van der Waals surface area contributed by atoms with Gasteiger partial charge in [0.1, 0.15) is 5.54 Å². The highest BCUT2D eigenvalue weighted by molar-refractivity contribution is 5.84. The third-order valence-electron chi connectivity index (χ3n) is 5.02. The van der Waals surface area contributed by atoms with E-state index in [1.165, 1.54) is 0 Å². The predicted molar refractivity (Wildman–Crippen MR) is 94.6 cm³/mol. The molecule has 0 aliphatic heterocycles. The van der Waals surface area contributed by atoms with Crippen LogP contribution in [0.3, 0.4) is 0 Å². The number of nitrogens with zero attached hydrogens (tertiary/aromatic N) is 1. The van der Waals surface area contributed by atoms with E-state index in [0.717, 1.165) is 24.8 Å². The molecular weight excluding hydrogens is 316 g/mol.